The third kappa shape index (κ3) is 5.85. The molecular formula is C22H25N3O3S. The molecule has 152 valence electrons. The number of benzene rings is 2. The van der Waals surface area contributed by atoms with Crippen LogP contribution in [0.1, 0.15) is 25.8 Å². The van der Waals surface area contributed by atoms with Gasteiger partial charge in [-0.2, -0.15) is 0 Å². The number of fused-ring (bicyclic) bond motifs is 1. The number of aryl methyl sites for hydroxylation is 1. The second-order valence-electron chi connectivity index (χ2n) is 7.05. The number of hydrogen-bond acceptors (Lipinski definition) is 5. The van der Waals surface area contributed by atoms with Crippen LogP contribution < -0.4 is 10.6 Å². The van der Waals surface area contributed by atoms with Gasteiger partial charge in [0.25, 0.3) is 0 Å². The number of ether oxygens (including phenoxy) is 1. The Hall–Kier alpha value is -2.77. The van der Waals surface area contributed by atoms with Crippen molar-refractivity contribution in [3.63, 3.8) is 0 Å². The monoisotopic (exact) mass is 411 g/mol. The molecule has 0 spiro atoms. The number of aromatic nitrogens is 1. The summed E-state index contributed by atoms with van der Waals surface area (Å²) in [6.45, 7) is 6.91. The molecule has 0 unspecified atom stereocenters. The predicted octanol–water partition coefficient (Wildman–Crippen LogP) is 4.14. The van der Waals surface area contributed by atoms with Gasteiger partial charge in [-0.3, -0.25) is 9.59 Å². The molecule has 3 aromatic rings. The van der Waals surface area contributed by atoms with E-state index in [0.29, 0.717) is 25.3 Å². The highest BCUT2D eigenvalue weighted by Gasteiger charge is 2.13. The SMILES string of the molecule is Cc1ccc2nc(-c3ccc(NC(=O)C(=O)NCCCOC(C)C)cc3)sc2c1. The van der Waals surface area contributed by atoms with Crippen LogP contribution in [0, 0.1) is 6.92 Å². The quantitative estimate of drug-likeness (QED) is 0.452. The van der Waals surface area contributed by atoms with Gasteiger partial charge < -0.3 is 15.4 Å². The van der Waals surface area contributed by atoms with Crippen LogP contribution >= 0.6 is 11.3 Å². The van der Waals surface area contributed by atoms with Crippen molar-refractivity contribution in [3.05, 3.63) is 48.0 Å². The molecule has 1 aromatic heterocycles. The van der Waals surface area contributed by atoms with Crippen molar-refractivity contribution in [2.75, 3.05) is 18.5 Å². The molecule has 0 aliphatic carbocycles. The highest BCUT2D eigenvalue weighted by Crippen LogP contribution is 2.31. The van der Waals surface area contributed by atoms with Crippen molar-refractivity contribution in [1.29, 1.82) is 0 Å². The van der Waals surface area contributed by atoms with Crippen molar-refractivity contribution < 1.29 is 14.3 Å². The molecule has 29 heavy (non-hydrogen) atoms. The summed E-state index contributed by atoms with van der Waals surface area (Å²) < 4.78 is 6.54. The van der Waals surface area contributed by atoms with Crippen LogP contribution in [0.25, 0.3) is 20.8 Å². The lowest BCUT2D eigenvalue weighted by Crippen LogP contribution is -2.36. The van der Waals surface area contributed by atoms with E-state index in [1.165, 1.54) is 5.56 Å². The highest BCUT2D eigenvalue weighted by atomic mass is 32.1. The number of hydrogen-bond donors (Lipinski definition) is 2. The maximum atomic E-state index is 12.0. The molecule has 3 rings (SSSR count). The zero-order valence-corrected chi connectivity index (χ0v) is 17.6. The number of amides is 2. The maximum Gasteiger partial charge on any atom is 0.313 e. The van der Waals surface area contributed by atoms with Crippen LogP contribution in [0.5, 0.6) is 0 Å². The Kier molecular flexibility index (Phi) is 6.95. The van der Waals surface area contributed by atoms with Crippen molar-refractivity contribution in [1.82, 2.24) is 10.3 Å². The molecule has 1 heterocycles. The zero-order chi connectivity index (χ0) is 20.8. The first-order chi connectivity index (χ1) is 13.9. The maximum absolute atomic E-state index is 12.0. The van der Waals surface area contributed by atoms with Gasteiger partial charge in [0, 0.05) is 24.4 Å². The Morgan fingerprint density at radius 3 is 2.59 bits per heavy atom. The Bertz CT molecular complexity index is 996. The molecule has 2 aromatic carbocycles. The van der Waals surface area contributed by atoms with Gasteiger partial charge >= 0.3 is 11.8 Å². The molecular weight excluding hydrogens is 386 g/mol. The summed E-state index contributed by atoms with van der Waals surface area (Å²) in [4.78, 5) is 28.6. The number of nitrogens with zero attached hydrogens (tertiary/aromatic N) is 1. The molecule has 0 aliphatic rings. The van der Waals surface area contributed by atoms with Crippen LogP contribution in [0.4, 0.5) is 5.69 Å². The summed E-state index contributed by atoms with van der Waals surface area (Å²) in [6, 6.07) is 13.5. The minimum atomic E-state index is -0.682. The second-order valence-corrected chi connectivity index (χ2v) is 8.08. The number of carbonyl (C=O) groups is 2. The standard InChI is InChI=1S/C22H25N3O3S/c1-14(2)28-12-4-11-23-20(26)21(27)24-17-8-6-16(7-9-17)22-25-18-10-5-15(3)13-19(18)29-22/h5-10,13-14H,4,11-12H2,1-3H3,(H,23,26)(H,24,27). The largest absolute Gasteiger partial charge is 0.379 e. The minimum absolute atomic E-state index is 0.156. The Labute approximate surface area is 174 Å². The van der Waals surface area contributed by atoms with E-state index in [1.54, 1.807) is 23.5 Å². The summed E-state index contributed by atoms with van der Waals surface area (Å²) >= 11 is 1.63. The van der Waals surface area contributed by atoms with Crippen molar-refractivity contribution in [2.24, 2.45) is 0 Å². The molecule has 7 heteroatoms. The van der Waals surface area contributed by atoms with E-state index in [9.17, 15) is 9.59 Å². The van der Waals surface area contributed by atoms with E-state index in [0.717, 1.165) is 20.8 Å². The second kappa shape index (κ2) is 9.62. The first kappa shape index (κ1) is 21.0. The minimum Gasteiger partial charge on any atom is -0.379 e. The van der Waals surface area contributed by atoms with E-state index in [1.807, 2.05) is 38.1 Å². The smallest absolute Gasteiger partial charge is 0.313 e. The zero-order valence-electron chi connectivity index (χ0n) is 16.8. The van der Waals surface area contributed by atoms with Crippen LogP contribution in [0.15, 0.2) is 42.5 Å². The van der Waals surface area contributed by atoms with Crippen LogP contribution in [-0.4, -0.2) is 36.1 Å². The highest BCUT2D eigenvalue weighted by molar-refractivity contribution is 7.21. The molecule has 6 nitrogen and oxygen atoms in total. The normalized spacial score (nSPS) is 11.0. The van der Waals surface area contributed by atoms with Crippen LogP contribution in [-0.2, 0) is 14.3 Å². The molecule has 0 bridgehead atoms. The van der Waals surface area contributed by atoms with E-state index in [4.69, 9.17) is 4.74 Å². The van der Waals surface area contributed by atoms with Crippen molar-refractivity contribution >= 4 is 39.1 Å². The van der Waals surface area contributed by atoms with Gasteiger partial charge in [-0.05, 0) is 69.2 Å². The lowest BCUT2D eigenvalue weighted by Gasteiger charge is -2.09. The average Bonchev–Trinajstić information content (AvgIpc) is 3.11. The Morgan fingerprint density at radius 1 is 1.10 bits per heavy atom. The van der Waals surface area contributed by atoms with Gasteiger partial charge in [0.2, 0.25) is 0 Å². The van der Waals surface area contributed by atoms with Gasteiger partial charge in [-0.15, -0.1) is 11.3 Å². The van der Waals surface area contributed by atoms with Gasteiger partial charge in [-0.25, -0.2) is 4.98 Å². The molecule has 2 N–H and O–H groups in total. The van der Waals surface area contributed by atoms with Crippen LogP contribution in [0.2, 0.25) is 0 Å². The molecule has 0 radical (unpaired) electrons. The lowest BCUT2D eigenvalue weighted by atomic mass is 10.2. The van der Waals surface area contributed by atoms with Crippen molar-refractivity contribution in [2.45, 2.75) is 33.3 Å². The topological polar surface area (TPSA) is 80.3 Å². The summed E-state index contributed by atoms with van der Waals surface area (Å²) in [5.41, 5.74) is 3.71. The third-order valence-corrected chi connectivity index (χ3v) is 5.26. The van der Waals surface area contributed by atoms with E-state index >= 15 is 0 Å². The van der Waals surface area contributed by atoms with E-state index in [2.05, 4.69) is 28.6 Å². The molecule has 0 fully saturated rings. The van der Waals surface area contributed by atoms with Crippen LogP contribution in [0.3, 0.4) is 0 Å². The fraction of sp³-hybridized carbons (Fsp3) is 0.318. The number of rotatable bonds is 7. The first-order valence-corrected chi connectivity index (χ1v) is 10.4. The number of thiazole rings is 1. The number of nitrogens with one attached hydrogen (secondary N) is 2. The van der Waals surface area contributed by atoms with Crippen molar-refractivity contribution in [3.8, 4) is 10.6 Å². The summed E-state index contributed by atoms with van der Waals surface area (Å²) in [7, 11) is 0. The van der Waals surface area contributed by atoms with E-state index in [-0.39, 0.29) is 6.10 Å². The van der Waals surface area contributed by atoms with Gasteiger partial charge in [0.05, 0.1) is 16.3 Å². The van der Waals surface area contributed by atoms with Gasteiger partial charge in [0.15, 0.2) is 0 Å². The Balaban J connectivity index is 1.54. The van der Waals surface area contributed by atoms with Gasteiger partial charge in [-0.1, -0.05) is 6.07 Å². The third-order valence-electron chi connectivity index (χ3n) is 4.20. The molecule has 0 saturated carbocycles. The van der Waals surface area contributed by atoms with Gasteiger partial charge in [0.1, 0.15) is 5.01 Å². The molecule has 0 atom stereocenters. The fourth-order valence-electron chi connectivity index (χ4n) is 2.71. The lowest BCUT2D eigenvalue weighted by molar-refractivity contribution is -0.136. The van der Waals surface area contributed by atoms with E-state index < -0.39 is 11.8 Å². The summed E-state index contributed by atoms with van der Waals surface area (Å²) in [5.74, 6) is -1.34. The first-order valence-electron chi connectivity index (χ1n) is 9.61. The molecule has 0 aliphatic heterocycles. The number of anilines is 1. The average molecular weight is 412 g/mol. The Morgan fingerprint density at radius 2 is 1.86 bits per heavy atom. The summed E-state index contributed by atoms with van der Waals surface area (Å²) in [5, 5.41) is 6.13. The predicted molar refractivity (Wildman–Crippen MR) is 117 cm³/mol. The fourth-order valence-corrected chi connectivity index (χ4v) is 3.78. The summed E-state index contributed by atoms with van der Waals surface area (Å²) in [6.07, 6.45) is 0.817. The molecule has 2 amide bonds. The number of carbonyl (C=O) groups excluding carboxylic acids is 2. The molecule has 0 saturated heterocycles.